The number of nitrogens with zero attached hydrogens (tertiary/aromatic N) is 2. The standard InChI is InChI=1S/C12H26.C8H16N2/c1-3-5-7-9-11-12-10-8-6-4-2;1-3-4-5-10-7-6-9(2)8-10/h3-12H2,1-2H3;6-7H,3-5,8H2,1-2H3. The van der Waals surface area contributed by atoms with Crippen LogP contribution in [-0.2, 0) is 0 Å². The van der Waals surface area contributed by atoms with Crippen LogP contribution in [-0.4, -0.2) is 30.1 Å². The normalized spacial score (nSPS) is 13.5. The second-order valence-electron chi connectivity index (χ2n) is 6.69. The second-order valence-corrected chi connectivity index (χ2v) is 6.69. The maximum absolute atomic E-state index is 2.34. The third-order valence-corrected chi connectivity index (χ3v) is 4.19. The van der Waals surface area contributed by atoms with Crippen LogP contribution in [0.4, 0.5) is 0 Å². The van der Waals surface area contributed by atoms with Crippen molar-refractivity contribution in [2.45, 2.75) is 97.8 Å². The first-order valence-corrected chi connectivity index (χ1v) is 9.87. The molecule has 0 bridgehead atoms. The summed E-state index contributed by atoms with van der Waals surface area (Å²) in [5.41, 5.74) is 0. The highest BCUT2D eigenvalue weighted by atomic mass is 15.3. The summed E-state index contributed by atoms with van der Waals surface area (Å²) >= 11 is 0. The van der Waals surface area contributed by atoms with E-state index in [0.717, 1.165) is 6.67 Å². The van der Waals surface area contributed by atoms with E-state index < -0.39 is 0 Å². The van der Waals surface area contributed by atoms with Gasteiger partial charge in [0.2, 0.25) is 0 Å². The molecule has 132 valence electrons. The highest BCUT2D eigenvalue weighted by Gasteiger charge is 2.05. The van der Waals surface area contributed by atoms with Crippen molar-refractivity contribution in [3.05, 3.63) is 12.4 Å². The first kappa shape index (κ1) is 21.3. The molecule has 0 amide bonds. The van der Waals surface area contributed by atoms with Crippen LogP contribution in [0.1, 0.15) is 97.8 Å². The van der Waals surface area contributed by atoms with Crippen LogP contribution in [0.25, 0.3) is 0 Å². The van der Waals surface area contributed by atoms with Crippen LogP contribution < -0.4 is 0 Å². The molecule has 0 spiro atoms. The number of unbranched alkanes of at least 4 members (excludes halogenated alkanes) is 10. The number of hydrogen-bond donors (Lipinski definition) is 0. The van der Waals surface area contributed by atoms with Gasteiger partial charge in [-0.25, -0.2) is 0 Å². The van der Waals surface area contributed by atoms with Crippen molar-refractivity contribution in [3.8, 4) is 0 Å². The van der Waals surface area contributed by atoms with Gasteiger partial charge in [-0.15, -0.1) is 0 Å². The van der Waals surface area contributed by atoms with Crippen LogP contribution in [0.2, 0.25) is 0 Å². The predicted molar refractivity (Wildman–Crippen MR) is 101 cm³/mol. The number of rotatable bonds is 12. The van der Waals surface area contributed by atoms with Gasteiger partial charge < -0.3 is 9.80 Å². The van der Waals surface area contributed by atoms with Gasteiger partial charge in [0, 0.05) is 26.0 Å². The summed E-state index contributed by atoms with van der Waals surface area (Å²) in [6.07, 6.45) is 21.3. The van der Waals surface area contributed by atoms with E-state index in [0.29, 0.717) is 0 Å². The van der Waals surface area contributed by atoms with Gasteiger partial charge in [0.25, 0.3) is 0 Å². The maximum Gasteiger partial charge on any atom is 0.0890 e. The van der Waals surface area contributed by atoms with E-state index in [-0.39, 0.29) is 0 Å². The molecule has 0 saturated carbocycles. The fourth-order valence-electron chi connectivity index (χ4n) is 2.66. The topological polar surface area (TPSA) is 6.48 Å². The smallest absolute Gasteiger partial charge is 0.0890 e. The van der Waals surface area contributed by atoms with Crippen LogP contribution in [0.5, 0.6) is 0 Å². The van der Waals surface area contributed by atoms with Gasteiger partial charge in [0.05, 0.1) is 6.67 Å². The quantitative estimate of drug-likeness (QED) is 0.385. The Morgan fingerprint density at radius 2 is 1.09 bits per heavy atom. The molecule has 0 aromatic heterocycles. The third kappa shape index (κ3) is 14.3. The van der Waals surface area contributed by atoms with Crippen LogP contribution in [0.15, 0.2) is 12.4 Å². The van der Waals surface area contributed by atoms with Crippen LogP contribution in [0, 0.1) is 0 Å². The van der Waals surface area contributed by atoms with Gasteiger partial charge in [-0.1, -0.05) is 91.4 Å². The van der Waals surface area contributed by atoms with Crippen LogP contribution >= 0.6 is 0 Å². The lowest BCUT2D eigenvalue weighted by Crippen LogP contribution is -2.23. The van der Waals surface area contributed by atoms with E-state index in [1.165, 1.54) is 83.6 Å². The molecule has 2 nitrogen and oxygen atoms in total. The molecule has 22 heavy (non-hydrogen) atoms. The summed E-state index contributed by atoms with van der Waals surface area (Å²) in [4.78, 5) is 4.53. The molecule has 0 aliphatic carbocycles. The molecule has 1 heterocycles. The van der Waals surface area contributed by atoms with Crippen molar-refractivity contribution < 1.29 is 0 Å². The summed E-state index contributed by atoms with van der Waals surface area (Å²) in [5, 5.41) is 0. The van der Waals surface area contributed by atoms with Crippen molar-refractivity contribution in [1.82, 2.24) is 9.80 Å². The van der Waals surface area contributed by atoms with Gasteiger partial charge in [0.1, 0.15) is 0 Å². The van der Waals surface area contributed by atoms with Gasteiger partial charge in [0.15, 0.2) is 0 Å². The van der Waals surface area contributed by atoms with Crippen molar-refractivity contribution in [3.63, 3.8) is 0 Å². The molecular formula is C20H42N2. The molecule has 0 fully saturated rings. The summed E-state index contributed by atoms with van der Waals surface area (Å²) in [6.45, 7) is 9.06. The Balaban J connectivity index is 0.000000406. The third-order valence-electron chi connectivity index (χ3n) is 4.19. The van der Waals surface area contributed by atoms with Crippen molar-refractivity contribution in [1.29, 1.82) is 0 Å². The zero-order valence-corrected chi connectivity index (χ0v) is 15.9. The van der Waals surface area contributed by atoms with E-state index in [4.69, 9.17) is 0 Å². The average molecular weight is 311 g/mol. The summed E-state index contributed by atoms with van der Waals surface area (Å²) < 4.78 is 0. The lowest BCUT2D eigenvalue weighted by molar-refractivity contribution is 0.293. The van der Waals surface area contributed by atoms with E-state index in [1.54, 1.807) is 0 Å². The van der Waals surface area contributed by atoms with Gasteiger partial charge >= 0.3 is 0 Å². The minimum absolute atomic E-state index is 1.07. The molecule has 1 aliphatic heterocycles. The monoisotopic (exact) mass is 310 g/mol. The van der Waals surface area contributed by atoms with Gasteiger partial charge in [-0.05, 0) is 6.42 Å². The summed E-state index contributed by atoms with van der Waals surface area (Å²) in [5.74, 6) is 0. The molecule has 0 unspecified atom stereocenters. The fraction of sp³-hybridized carbons (Fsp3) is 0.900. The van der Waals surface area contributed by atoms with E-state index >= 15 is 0 Å². The molecule has 0 aromatic carbocycles. The molecule has 0 saturated heterocycles. The van der Waals surface area contributed by atoms with Gasteiger partial charge in [-0.2, -0.15) is 0 Å². The second kappa shape index (κ2) is 16.7. The predicted octanol–water partition coefficient (Wildman–Crippen LogP) is 6.39. The Morgan fingerprint density at radius 1 is 0.636 bits per heavy atom. The molecule has 1 aliphatic rings. The Bertz CT molecular complexity index is 228. The Hall–Kier alpha value is -0.660. The highest BCUT2D eigenvalue weighted by Crippen LogP contribution is 2.10. The first-order valence-electron chi connectivity index (χ1n) is 9.87. The first-order chi connectivity index (χ1) is 10.7. The van der Waals surface area contributed by atoms with Gasteiger partial charge in [-0.3, -0.25) is 0 Å². The van der Waals surface area contributed by atoms with Crippen molar-refractivity contribution >= 4 is 0 Å². The minimum atomic E-state index is 1.07. The molecular weight excluding hydrogens is 268 g/mol. The molecule has 1 rings (SSSR count). The molecule has 2 heteroatoms. The molecule has 0 atom stereocenters. The zero-order chi connectivity index (χ0) is 16.5. The Labute approximate surface area is 141 Å². The lowest BCUT2D eigenvalue weighted by Gasteiger charge is -2.17. The highest BCUT2D eigenvalue weighted by molar-refractivity contribution is 4.88. The summed E-state index contributed by atoms with van der Waals surface area (Å²) in [7, 11) is 2.10. The van der Waals surface area contributed by atoms with Crippen molar-refractivity contribution in [2.75, 3.05) is 20.3 Å². The van der Waals surface area contributed by atoms with Crippen molar-refractivity contribution in [2.24, 2.45) is 0 Å². The summed E-state index contributed by atoms with van der Waals surface area (Å²) in [6, 6.07) is 0. The Kier molecular flexibility index (Phi) is 16.2. The van der Waals surface area contributed by atoms with E-state index in [1.807, 2.05) is 0 Å². The molecule has 0 radical (unpaired) electrons. The van der Waals surface area contributed by atoms with E-state index in [9.17, 15) is 0 Å². The minimum Gasteiger partial charge on any atom is -0.362 e. The number of hydrogen-bond acceptors (Lipinski definition) is 2. The molecule has 0 aromatic rings. The zero-order valence-electron chi connectivity index (χ0n) is 15.9. The molecule has 0 N–H and O–H groups in total. The maximum atomic E-state index is 2.34. The Morgan fingerprint density at radius 3 is 1.45 bits per heavy atom. The fourth-order valence-corrected chi connectivity index (χ4v) is 2.66. The van der Waals surface area contributed by atoms with E-state index in [2.05, 4.69) is 50.0 Å². The lowest BCUT2D eigenvalue weighted by atomic mass is 10.1. The SMILES string of the molecule is CCCCCCCCCCCC.CCCCN1C=CN(C)C1. The average Bonchev–Trinajstić information content (AvgIpc) is 2.94. The largest absolute Gasteiger partial charge is 0.362 e. The van der Waals surface area contributed by atoms with Crippen LogP contribution in [0.3, 0.4) is 0 Å².